The Morgan fingerprint density at radius 2 is 1.11 bits per heavy atom. The Hall–Kier alpha value is -3.39. The highest BCUT2D eigenvalue weighted by Crippen LogP contribution is 2.25. The van der Waals surface area contributed by atoms with Gasteiger partial charge < -0.3 is 58.8 Å². The highest BCUT2D eigenvalue weighted by molar-refractivity contribution is 7.91. The molecular formula is C40H60N2O13S. The SMILES string of the molecule is CCCCCCCCc1cc(CNc2ccc(S(=O)(=O)c3ccc(N)cc3)cc2)cc(OC(O)OCOCOCOCOCOCOCOCOCCCC)c1. The number of sulfone groups is 1. The Labute approximate surface area is 331 Å². The molecule has 0 heterocycles. The molecule has 56 heavy (non-hydrogen) atoms. The van der Waals surface area contributed by atoms with E-state index in [4.69, 9.17) is 53.1 Å². The van der Waals surface area contributed by atoms with Crippen LogP contribution in [0.2, 0.25) is 0 Å². The first-order valence-corrected chi connectivity index (χ1v) is 20.5. The molecule has 3 aromatic rings. The fraction of sp³-hybridized carbons (Fsp3) is 0.550. The number of benzene rings is 3. The van der Waals surface area contributed by atoms with Crippen LogP contribution in [0, 0.1) is 0 Å². The Morgan fingerprint density at radius 1 is 0.607 bits per heavy atom. The lowest BCUT2D eigenvalue weighted by Gasteiger charge is -2.17. The standard InChI is InChI=1S/C40H60N2O13S/c1-3-5-7-8-9-10-11-33-21-34(24-42-36-14-18-39(19-15-36)56(44,45)38-16-12-35(41)13-17-38)23-37(22-33)55-40(43)54-32-53-31-52-30-51-29-50-28-49-27-48-26-47-25-46-20-6-4-2/h12-19,21-23,40,42-43H,3-11,20,24-32,41H2,1-2H3. The first-order chi connectivity index (χ1) is 27.3. The molecule has 0 bridgehead atoms. The third kappa shape index (κ3) is 20.2. The number of hydrogen-bond acceptors (Lipinski definition) is 15. The van der Waals surface area contributed by atoms with Gasteiger partial charge in [-0.2, -0.15) is 0 Å². The summed E-state index contributed by atoms with van der Waals surface area (Å²) in [4.78, 5) is 0.361. The van der Waals surface area contributed by atoms with Gasteiger partial charge in [0.15, 0.2) is 47.6 Å². The molecule has 0 spiro atoms. The van der Waals surface area contributed by atoms with E-state index in [2.05, 4.69) is 25.2 Å². The number of rotatable bonds is 34. The molecule has 0 radical (unpaired) electrons. The molecule has 314 valence electrons. The zero-order valence-corrected chi connectivity index (χ0v) is 33.5. The highest BCUT2D eigenvalue weighted by atomic mass is 32.2. The van der Waals surface area contributed by atoms with E-state index in [0.717, 1.165) is 48.9 Å². The van der Waals surface area contributed by atoms with Gasteiger partial charge in [0.2, 0.25) is 9.84 Å². The fourth-order valence-corrected chi connectivity index (χ4v) is 6.37. The minimum absolute atomic E-state index is 0.00230. The van der Waals surface area contributed by atoms with Crippen LogP contribution in [0.15, 0.2) is 76.5 Å². The van der Waals surface area contributed by atoms with Crippen LogP contribution in [0.5, 0.6) is 5.75 Å². The van der Waals surface area contributed by atoms with E-state index < -0.39 is 16.3 Å². The van der Waals surface area contributed by atoms with Crippen LogP contribution in [-0.4, -0.2) is 81.0 Å². The van der Waals surface area contributed by atoms with Crippen molar-refractivity contribution in [3.05, 3.63) is 77.9 Å². The summed E-state index contributed by atoms with van der Waals surface area (Å²) in [7, 11) is -3.68. The van der Waals surface area contributed by atoms with E-state index >= 15 is 0 Å². The van der Waals surface area contributed by atoms with Crippen molar-refractivity contribution in [1.29, 1.82) is 0 Å². The Bertz CT molecular complexity index is 1550. The maximum atomic E-state index is 13.0. The molecule has 0 amide bonds. The van der Waals surface area contributed by atoms with Gasteiger partial charge >= 0.3 is 6.48 Å². The van der Waals surface area contributed by atoms with Crippen LogP contribution in [0.25, 0.3) is 0 Å². The average Bonchev–Trinajstić information content (AvgIpc) is 3.19. The molecule has 16 heteroatoms. The second-order valence-corrected chi connectivity index (χ2v) is 14.6. The van der Waals surface area contributed by atoms with Gasteiger partial charge in [-0.05, 0) is 91.1 Å². The van der Waals surface area contributed by atoms with Crippen molar-refractivity contribution >= 4 is 21.2 Å². The quantitative estimate of drug-likeness (QED) is 0.0322. The lowest BCUT2D eigenvalue weighted by molar-refractivity contribution is -0.274. The maximum Gasteiger partial charge on any atom is 0.315 e. The van der Waals surface area contributed by atoms with Crippen molar-refractivity contribution < 1.29 is 60.9 Å². The minimum atomic E-state index is -3.68. The van der Waals surface area contributed by atoms with Gasteiger partial charge in [0.1, 0.15) is 12.5 Å². The zero-order chi connectivity index (χ0) is 40.1. The molecule has 0 aliphatic rings. The molecule has 1 unspecified atom stereocenters. The van der Waals surface area contributed by atoms with Crippen molar-refractivity contribution in [1.82, 2.24) is 0 Å². The molecular weight excluding hydrogens is 749 g/mol. The number of nitrogen functional groups attached to an aromatic ring is 1. The predicted octanol–water partition coefficient (Wildman–Crippen LogP) is 6.88. The van der Waals surface area contributed by atoms with Crippen molar-refractivity contribution in [2.24, 2.45) is 0 Å². The second-order valence-electron chi connectivity index (χ2n) is 12.7. The molecule has 3 rings (SSSR count). The van der Waals surface area contributed by atoms with Crippen LogP contribution in [0.4, 0.5) is 11.4 Å². The summed E-state index contributed by atoms with van der Waals surface area (Å²) >= 11 is 0. The molecule has 15 nitrogen and oxygen atoms in total. The second kappa shape index (κ2) is 28.9. The summed E-state index contributed by atoms with van der Waals surface area (Å²) in [6.07, 6.45) is 9.92. The first-order valence-electron chi connectivity index (χ1n) is 19.0. The number of anilines is 2. The lowest BCUT2D eigenvalue weighted by Crippen LogP contribution is -2.22. The normalized spacial score (nSPS) is 12.2. The first kappa shape index (κ1) is 47.0. The van der Waals surface area contributed by atoms with Gasteiger partial charge in [-0.1, -0.05) is 58.4 Å². The van der Waals surface area contributed by atoms with Crippen LogP contribution < -0.4 is 15.8 Å². The summed E-state index contributed by atoms with van der Waals surface area (Å²) in [5.74, 6) is 0.434. The number of aliphatic hydroxyl groups excluding tert-OH is 1. The summed E-state index contributed by atoms with van der Waals surface area (Å²) in [6, 6.07) is 18.5. The van der Waals surface area contributed by atoms with E-state index in [1.54, 1.807) is 36.4 Å². The van der Waals surface area contributed by atoms with E-state index in [0.29, 0.717) is 24.6 Å². The molecule has 0 fully saturated rings. The zero-order valence-electron chi connectivity index (χ0n) is 32.7. The number of nitrogens with one attached hydrogen (secondary N) is 1. The van der Waals surface area contributed by atoms with Crippen LogP contribution in [0.3, 0.4) is 0 Å². The summed E-state index contributed by atoms with van der Waals surface area (Å²) < 4.78 is 78.3. The van der Waals surface area contributed by atoms with E-state index in [-0.39, 0.29) is 64.1 Å². The van der Waals surface area contributed by atoms with Crippen LogP contribution in [-0.2, 0) is 65.4 Å². The van der Waals surface area contributed by atoms with E-state index in [9.17, 15) is 13.5 Å². The molecule has 0 saturated heterocycles. The van der Waals surface area contributed by atoms with E-state index in [1.807, 2.05) is 12.1 Å². The molecule has 0 aromatic heterocycles. The molecule has 1 atom stereocenters. The van der Waals surface area contributed by atoms with Gasteiger partial charge in [-0.25, -0.2) is 8.42 Å². The topological polar surface area (TPSA) is 185 Å². The largest absolute Gasteiger partial charge is 0.441 e. The minimum Gasteiger partial charge on any atom is -0.441 e. The predicted molar refractivity (Wildman–Crippen MR) is 209 cm³/mol. The van der Waals surface area contributed by atoms with Crippen molar-refractivity contribution in [2.75, 3.05) is 72.0 Å². The average molecular weight is 809 g/mol. The monoisotopic (exact) mass is 808 g/mol. The fourth-order valence-electron chi connectivity index (χ4n) is 5.10. The van der Waals surface area contributed by atoms with Crippen molar-refractivity contribution in [2.45, 2.75) is 94.4 Å². The molecule has 4 N–H and O–H groups in total. The van der Waals surface area contributed by atoms with Gasteiger partial charge in [0.05, 0.1) is 9.79 Å². The van der Waals surface area contributed by atoms with Gasteiger partial charge in [-0.15, -0.1) is 0 Å². The van der Waals surface area contributed by atoms with E-state index in [1.165, 1.54) is 37.8 Å². The Morgan fingerprint density at radius 3 is 1.70 bits per heavy atom. The third-order valence-corrected chi connectivity index (χ3v) is 9.82. The third-order valence-electron chi connectivity index (χ3n) is 8.04. The molecule has 0 aliphatic carbocycles. The summed E-state index contributed by atoms with van der Waals surface area (Å²) in [6.45, 7) is 3.36. The van der Waals surface area contributed by atoms with Crippen LogP contribution in [0.1, 0.15) is 76.3 Å². The van der Waals surface area contributed by atoms with Gasteiger partial charge in [-0.3, -0.25) is 4.74 Å². The van der Waals surface area contributed by atoms with Crippen LogP contribution >= 0.6 is 0 Å². The molecule has 0 aliphatic heterocycles. The number of unbranched alkanes of at least 4 members (excludes halogenated alkanes) is 6. The number of aliphatic hydroxyl groups is 1. The molecule has 0 saturated carbocycles. The number of nitrogens with two attached hydrogens (primary N) is 1. The number of hydrogen-bond donors (Lipinski definition) is 3. The number of aryl methyl sites for hydroxylation is 1. The Balaban J connectivity index is 1.36. The maximum absolute atomic E-state index is 13.0. The van der Waals surface area contributed by atoms with Crippen molar-refractivity contribution in [3.63, 3.8) is 0 Å². The van der Waals surface area contributed by atoms with Crippen molar-refractivity contribution in [3.8, 4) is 5.75 Å². The lowest BCUT2D eigenvalue weighted by atomic mass is 10.0. The Kier molecular flexibility index (Phi) is 24.3. The van der Waals surface area contributed by atoms with Gasteiger partial charge in [0, 0.05) is 24.5 Å². The summed E-state index contributed by atoms with van der Waals surface area (Å²) in [5.41, 5.74) is 8.93. The van der Waals surface area contributed by atoms with Gasteiger partial charge in [0.25, 0.3) is 0 Å². The number of ether oxygens (including phenoxy) is 10. The molecule has 3 aromatic carbocycles. The smallest absolute Gasteiger partial charge is 0.315 e. The summed E-state index contributed by atoms with van der Waals surface area (Å²) in [5, 5.41) is 13.8. The highest BCUT2D eigenvalue weighted by Gasteiger charge is 2.17.